The highest BCUT2D eigenvalue weighted by Gasteiger charge is 2.49. The number of nitrogens with one attached hydrogen (secondary N) is 1. The monoisotopic (exact) mass is 541 g/mol. The van der Waals surface area contributed by atoms with Gasteiger partial charge in [0.05, 0.1) is 11.9 Å². The van der Waals surface area contributed by atoms with Gasteiger partial charge in [-0.05, 0) is 43.2 Å². The maximum absolute atomic E-state index is 15.2. The van der Waals surface area contributed by atoms with Crippen molar-refractivity contribution < 1.29 is 13.9 Å². The van der Waals surface area contributed by atoms with Gasteiger partial charge in [-0.3, -0.25) is 9.48 Å². The Morgan fingerprint density at radius 1 is 1.18 bits per heavy atom. The number of carbonyl (C=O) groups excluding carboxylic acids is 1. The first-order chi connectivity index (χ1) is 19.3. The molecule has 1 spiro atoms. The lowest BCUT2D eigenvalue weighted by Crippen LogP contribution is -2.59. The van der Waals surface area contributed by atoms with Crippen molar-refractivity contribution in [2.75, 3.05) is 36.4 Å². The molecule has 3 aromatic heterocycles. The maximum Gasteiger partial charge on any atom is 0.322 e. The standard InChI is InChI=1S/C28H28FN9O2/c1-4-24(39)38-16-28(17-38)8-10-37(15-28)25-21(13-31-26(35-25)34-20-12-32-36(3)14-20)19-5-6-23(22(29)11-19)40-27-30-9-7-18(2)33-27/h4-7,9,11-14H,1,8,10,15-17H2,2-3H3,(H,31,34,35). The van der Waals surface area contributed by atoms with Crippen LogP contribution in [-0.4, -0.2) is 66.7 Å². The van der Waals surface area contributed by atoms with Crippen LogP contribution in [0.15, 0.2) is 61.7 Å². The summed E-state index contributed by atoms with van der Waals surface area (Å²) in [6.07, 6.45) is 9.04. The van der Waals surface area contributed by atoms with E-state index in [1.165, 1.54) is 12.1 Å². The van der Waals surface area contributed by atoms with Gasteiger partial charge in [0.25, 0.3) is 0 Å². The van der Waals surface area contributed by atoms with Crippen molar-refractivity contribution in [3.63, 3.8) is 0 Å². The van der Waals surface area contributed by atoms with E-state index < -0.39 is 5.82 Å². The summed E-state index contributed by atoms with van der Waals surface area (Å²) >= 11 is 0. The molecule has 5 heterocycles. The first kappa shape index (κ1) is 25.4. The Kier molecular flexibility index (Phi) is 6.37. The van der Waals surface area contributed by atoms with Gasteiger partial charge in [0, 0.05) is 68.5 Å². The third-order valence-corrected chi connectivity index (χ3v) is 7.22. The number of nitrogens with zero attached hydrogens (tertiary/aromatic N) is 8. The zero-order valence-corrected chi connectivity index (χ0v) is 22.2. The normalized spacial score (nSPS) is 15.7. The number of halogens is 1. The number of benzene rings is 1. The molecule has 2 fully saturated rings. The van der Waals surface area contributed by atoms with E-state index in [9.17, 15) is 4.79 Å². The van der Waals surface area contributed by atoms with Crippen molar-refractivity contribution in [2.45, 2.75) is 13.3 Å². The van der Waals surface area contributed by atoms with E-state index in [4.69, 9.17) is 9.72 Å². The molecule has 0 atom stereocenters. The Morgan fingerprint density at radius 2 is 2.02 bits per heavy atom. The van der Waals surface area contributed by atoms with Crippen LogP contribution in [0.1, 0.15) is 12.1 Å². The Bertz CT molecular complexity index is 1600. The van der Waals surface area contributed by atoms with Crippen molar-refractivity contribution in [2.24, 2.45) is 12.5 Å². The van der Waals surface area contributed by atoms with Gasteiger partial charge >= 0.3 is 6.01 Å². The van der Waals surface area contributed by atoms with E-state index >= 15 is 4.39 Å². The average molecular weight is 542 g/mol. The van der Waals surface area contributed by atoms with Crippen LogP contribution < -0.4 is 15.0 Å². The maximum atomic E-state index is 15.2. The topological polar surface area (TPSA) is 114 Å². The molecular formula is C28H28FN9O2. The first-order valence-corrected chi connectivity index (χ1v) is 12.9. The summed E-state index contributed by atoms with van der Waals surface area (Å²) in [7, 11) is 1.83. The van der Waals surface area contributed by atoms with Gasteiger partial charge < -0.3 is 19.9 Å². The Hall–Kier alpha value is -4.87. The summed E-state index contributed by atoms with van der Waals surface area (Å²) in [6.45, 7) is 8.23. The highest BCUT2D eigenvalue weighted by Crippen LogP contribution is 2.43. The molecule has 1 amide bonds. The molecule has 204 valence electrons. The smallest absolute Gasteiger partial charge is 0.322 e. The van der Waals surface area contributed by atoms with Crippen LogP contribution in [0, 0.1) is 18.2 Å². The molecule has 2 aliphatic heterocycles. The van der Waals surface area contributed by atoms with Gasteiger partial charge in [0.1, 0.15) is 5.82 Å². The van der Waals surface area contributed by atoms with Crippen molar-refractivity contribution in [3.8, 4) is 22.9 Å². The molecule has 12 heteroatoms. The van der Waals surface area contributed by atoms with Crippen LogP contribution in [0.5, 0.6) is 11.8 Å². The highest BCUT2D eigenvalue weighted by atomic mass is 19.1. The van der Waals surface area contributed by atoms with E-state index in [-0.39, 0.29) is 23.1 Å². The van der Waals surface area contributed by atoms with E-state index in [1.54, 1.807) is 46.4 Å². The van der Waals surface area contributed by atoms with Gasteiger partial charge in [0.15, 0.2) is 11.6 Å². The van der Waals surface area contributed by atoms with Gasteiger partial charge in [-0.25, -0.2) is 19.3 Å². The van der Waals surface area contributed by atoms with Crippen LogP contribution in [0.3, 0.4) is 0 Å². The van der Waals surface area contributed by atoms with E-state index in [0.29, 0.717) is 36.0 Å². The number of aryl methyl sites for hydroxylation is 2. The largest absolute Gasteiger partial charge is 0.421 e. The molecule has 2 saturated heterocycles. The van der Waals surface area contributed by atoms with Crippen LogP contribution in [0.4, 0.5) is 21.8 Å². The second-order valence-electron chi connectivity index (χ2n) is 10.3. The summed E-state index contributed by atoms with van der Waals surface area (Å²) in [5, 5.41) is 7.38. The Labute approximate surface area is 230 Å². The molecule has 40 heavy (non-hydrogen) atoms. The molecule has 0 unspecified atom stereocenters. The average Bonchev–Trinajstić information content (AvgIpc) is 3.55. The summed E-state index contributed by atoms with van der Waals surface area (Å²) < 4.78 is 22.5. The fraction of sp³-hybridized carbons (Fsp3) is 0.286. The predicted molar refractivity (Wildman–Crippen MR) is 147 cm³/mol. The second kappa shape index (κ2) is 10.0. The number of ether oxygens (including phenoxy) is 1. The predicted octanol–water partition coefficient (Wildman–Crippen LogP) is 3.88. The molecule has 4 aromatic rings. The number of anilines is 3. The fourth-order valence-corrected chi connectivity index (χ4v) is 5.24. The lowest BCUT2D eigenvalue weighted by Gasteiger charge is -2.47. The Morgan fingerprint density at radius 3 is 2.75 bits per heavy atom. The van der Waals surface area contributed by atoms with Crippen LogP contribution >= 0.6 is 0 Å². The van der Waals surface area contributed by atoms with Gasteiger partial charge in [-0.1, -0.05) is 12.6 Å². The molecule has 11 nitrogen and oxygen atoms in total. The molecule has 1 aromatic carbocycles. The summed E-state index contributed by atoms with van der Waals surface area (Å²) in [5.74, 6) is 0.502. The number of amides is 1. The molecule has 0 bridgehead atoms. The molecule has 0 radical (unpaired) electrons. The number of hydrogen-bond acceptors (Lipinski definition) is 9. The van der Waals surface area contributed by atoms with Crippen LogP contribution in [0.2, 0.25) is 0 Å². The molecule has 1 N–H and O–H groups in total. The quantitative estimate of drug-likeness (QED) is 0.348. The van der Waals surface area contributed by atoms with Gasteiger partial charge in [-0.15, -0.1) is 0 Å². The molecule has 0 saturated carbocycles. The highest BCUT2D eigenvalue weighted by molar-refractivity contribution is 5.88. The summed E-state index contributed by atoms with van der Waals surface area (Å²) in [5.41, 5.74) is 2.76. The van der Waals surface area contributed by atoms with Crippen molar-refractivity contribution in [1.82, 2.24) is 34.6 Å². The number of carbonyl (C=O) groups is 1. The van der Waals surface area contributed by atoms with Crippen molar-refractivity contribution >= 4 is 23.4 Å². The molecule has 2 aliphatic rings. The minimum atomic E-state index is -0.554. The first-order valence-electron chi connectivity index (χ1n) is 12.9. The number of likely N-dealkylation sites (tertiary alicyclic amines) is 1. The van der Waals surface area contributed by atoms with Crippen LogP contribution in [-0.2, 0) is 11.8 Å². The number of aromatic nitrogens is 6. The third kappa shape index (κ3) is 4.95. The zero-order valence-electron chi connectivity index (χ0n) is 22.2. The molecular weight excluding hydrogens is 513 g/mol. The van der Waals surface area contributed by atoms with Crippen LogP contribution in [0.25, 0.3) is 11.1 Å². The zero-order chi connectivity index (χ0) is 27.9. The summed E-state index contributed by atoms with van der Waals surface area (Å²) in [6, 6.07) is 6.54. The lowest BCUT2D eigenvalue weighted by molar-refractivity contribution is -0.136. The lowest BCUT2D eigenvalue weighted by atomic mass is 9.79. The molecule has 6 rings (SSSR count). The second-order valence-corrected chi connectivity index (χ2v) is 10.3. The SMILES string of the molecule is C=CC(=O)N1CC2(CCN(c3nc(Nc4cnn(C)c4)ncc3-c3ccc(Oc4nccc(C)n4)c(F)c3)C2)C1. The Balaban J connectivity index is 1.30. The summed E-state index contributed by atoms with van der Waals surface area (Å²) in [4.78, 5) is 33.6. The van der Waals surface area contributed by atoms with E-state index in [1.807, 2.05) is 20.2 Å². The van der Waals surface area contributed by atoms with E-state index in [0.717, 1.165) is 30.9 Å². The molecule has 0 aliphatic carbocycles. The van der Waals surface area contributed by atoms with E-state index in [2.05, 4.69) is 36.8 Å². The minimum absolute atomic E-state index is 0.00536. The van der Waals surface area contributed by atoms with Crippen molar-refractivity contribution in [3.05, 3.63) is 73.2 Å². The van der Waals surface area contributed by atoms with Crippen molar-refractivity contribution in [1.29, 1.82) is 0 Å². The minimum Gasteiger partial charge on any atom is -0.421 e. The fourth-order valence-electron chi connectivity index (χ4n) is 5.24. The number of hydrogen-bond donors (Lipinski definition) is 1. The number of rotatable bonds is 7. The van der Waals surface area contributed by atoms with Gasteiger partial charge in [-0.2, -0.15) is 10.1 Å². The third-order valence-electron chi connectivity index (χ3n) is 7.22. The van der Waals surface area contributed by atoms with Gasteiger partial charge in [0.2, 0.25) is 11.9 Å².